The number of carbonyl (C=O) groups is 1. The fourth-order valence-electron chi connectivity index (χ4n) is 4.45. The van der Waals surface area contributed by atoms with E-state index in [-0.39, 0.29) is 11.3 Å². The van der Waals surface area contributed by atoms with E-state index in [0.717, 1.165) is 24.2 Å². The number of anilines is 3. The van der Waals surface area contributed by atoms with E-state index in [1.165, 1.54) is 25.2 Å². The molecular weight excluding hydrogens is 447 g/mol. The number of aromatic nitrogens is 2. The summed E-state index contributed by atoms with van der Waals surface area (Å²) in [6, 6.07) is 10.3. The smallest absolute Gasteiger partial charge is 0.224 e. The number of hydrogen-bond donors (Lipinski definition) is 2. The van der Waals surface area contributed by atoms with Gasteiger partial charge in [-0.15, -0.1) is 0 Å². The fraction of sp³-hybridized carbons (Fsp3) is 0.444. The van der Waals surface area contributed by atoms with E-state index in [1.54, 1.807) is 13.2 Å². The van der Waals surface area contributed by atoms with Crippen LogP contribution < -0.4 is 15.4 Å². The molecule has 0 spiro atoms. The molecule has 1 amide bonds. The topological polar surface area (TPSA) is 85.4 Å². The van der Waals surface area contributed by atoms with Crippen molar-refractivity contribution in [3.05, 3.63) is 48.5 Å². The zero-order chi connectivity index (χ0) is 24.8. The minimum atomic E-state index is -0.479. The molecule has 0 bridgehead atoms. The third-order valence-electron chi connectivity index (χ3n) is 6.58. The molecule has 8 heteroatoms. The number of methoxy groups -OCH3 is 1. The van der Waals surface area contributed by atoms with Crippen LogP contribution in [0.25, 0.3) is 10.9 Å². The third kappa shape index (κ3) is 6.66. The first-order chi connectivity index (χ1) is 16.8. The van der Waals surface area contributed by atoms with Crippen molar-refractivity contribution in [2.45, 2.75) is 46.0 Å². The van der Waals surface area contributed by atoms with E-state index >= 15 is 0 Å². The largest absolute Gasteiger partial charge is 0.491 e. The molecule has 7 nitrogen and oxygen atoms in total. The van der Waals surface area contributed by atoms with Crippen LogP contribution in [-0.4, -0.2) is 36.2 Å². The van der Waals surface area contributed by atoms with Crippen molar-refractivity contribution in [1.82, 2.24) is 9.97 Å². The SMILES string of the molecule is COCCOc1cc(F)c2c(Nc3ccc(NC(=O)CC4CCC(C)(C)CC4)cc3)ncnc2c1. The molecule has 1 saturated carbocycles. The van der Waals surface area contributed by atoms with Crippen molar-refractivity contribution < 1.29 is 18.7 Å². The van der Waals surface area contributed by atoms with Gasteiger partial charge in [0.05, 0.1) is 17.5 Å². The predicted octanol–water partition coefficient (Wildman–Crippen LogP) is 6.08. The van der Waals surface area contributed by atoms with Crippen molar-refractivity contribution >= 4 is 34.0 Å². The lowest BCUT2D eigenvalue weighted by Crippen LogP contribution is -2.24. The van der Waals surface area contributed by atoms with Gasteiger partial charge in [-0.05, 0) is 61.3 Å². The van der Waals surface area contributed by atoms with Crippen LogP contribution in [0.1, 0.15) is 46.0 Å². The summed E-state index contributed by atoms with van der Waals surface area (Å²) in [7, 11) is 1.58. The van der Waals surface area contributed by atoms with E-state index < -0.39 is 5.82 Å². The van der Waals surface area contributed by atoms with E-state index in [4.69, 9.17) is 9.47 Å². The van der Waals surface area contributed by atoms with Gasteiger partial charge in [0.15, 0.2) is 0 Å². The highest BCUT2D eigenvalue weighted by Gasteiger charge is 2.27. The Morgan fingerprint density at radius 2 is 1.80 bits per heavy atom. The van der Waals surface area contributed by atoms with Gasteiger partial charge in [-0.1, -0.05) is 13.8 Å². The van der Waals surface area contributed by atoms with Crippen LogP contribution >= 0.6 is 0 Å². The second-order valence-electron chi connectivity index (χ2n) is 9.92. The molecule has 2 aromatic carbocycles. The van der Waals surface area contributed by atoms with Crippen molar-refractivity contribution in [2.75, 3.05) is 31.0 Å². The first-order valence-electron chi connectivity index (χ1n) is 12.1. The average molecular weight is 481 g/mol. The number of ether oxygens (including phenoxy) is 2. The zero-order valence-electron chi connectivity index (χ0n) is 20.6. The first kappa shape index (κ1) is 24.9. The molecule has 1 aromatic heterocycles. The average Bonchev–Trinajstić information content (AvgIpc) is 2.82. The minimum absolute atomic E-state index is 0.0443. The summed E-state index contributed by atoms with van der Waals surface area (Å²) < 4.78 is 25.4. The summed E-state index contributed by atoms with van der Waals surface area (Å²) >= 11 is 0. The molecule has 2 N–H and O–H groups in total. The van der Waals surface area contributed by atoms with Gasteiger partial charge in [0.1, 0.15) is 30.3 Å². The van der Waals surface area contributed by atoms with Crippen molar-refractivity contribution in [2.24, 2.45) is 11.3 Å². The number of fused-ring (bicyclic) bond motifs is 1. The van der Waals surface area contributed by atoms with Crippen molar-refractivity contribution in [3.63, 3.8) is 0 Å². The summed E-state index contributed by atoms with van der Waals surface area (Å²) in [6.45, 7) is 5.33. The Bertz CT molecular complexity index is 1160. The molecule has 0 radical (unpaired) electrons. The fourth-order valence-corrected chi connectivity index (χ4v) is 4.45. The van der Waals surface area contributed by atoms with Crippen LogP contribution in [0, 0.1) is 17.2 Å². The Hall–Kier alpha value is -3.26. The van der Waals surface area contributed by atoms with Crippen LogP contribution in [0.5, 0.6) is 5.75 Å². The Balaban J connectivity index is 1.38. The summed E-state index contributed by atoms with van der Waals surface area (Å²) in [4.78, 5) is 20.9. The number of benzene rings is 2. The summed E-state index contributed by atoms with van der Waals surface area (Å²) in [5, 5.41) is 6.42. The lowest BCUT2D eigenvalue weighted by Gasteiger charge is -2.34. The number of nitrogens with zero attached hydrogens (tertiary/aromatic N) is 2. The van der Waals surface area contributed by atoms with Gasteiger partial charge in [-0.25, -0.2) is 14.4 Å². The quantitative estimate of drug-likeness (QED) is 0.361. The Kier molecular flexibility index (Phi) is 7.80. The number of hydrogen-bond acceptors (Lipinski definition) is 6. The summed E-state index contributed by atoms with van der Waals surface area (Å²) in [5.41, 5.74) is 2.28. The molecule has 35 heavy (non-hydrogen) atoms. The van der Waals surface area contributed by atoms with Gasteiger partial charge in [0.2, 0.25) is 5.91 Å². The molecule has 0 atom stereocenters. The molecule has 3 aromatic rings. The van der Waals surface area contributed by atoms with E-state index in [0.29, 0.717) is 48.1 Å². The summed E-state index contributed by atoms with van der Waals surface area (Å²) in [6.07, 6.45) is 6.49. The highest BCUT2D eigenvalue weighted by molar-refractivity contribution is 5.93. The van der Waals surface area contributed by atoms with Gasteiger partial charge in [0, 0.05) is 37.0 Å². The molecule has 1 fully saturated rings. The molecule has 1 aliphatic rings. The predicted molar refractivity (Wildman–Crippen MR) is 136 cm³/mol. The highest BCUT2D eigenvalue weighted by Crippen LogP contribution is 2.39. The van der Waals surface area contributed by atoms with E-state index in [1.807, 2.05) is 24.3 Å². The number of nitrogens with one attached hydrogen (secondary N) is 2. The third-order valence-corrected chi connectivity index (χ3v) is 6.58. The molecule has 0 unspecified atom stereocenters. The van der Waals surface area contributed by atoms with Gasteiger partial charge in [-0.3, -0.25) is 4.79 Å². The van der Waals surface area contributed by atoms with Gasteiger partial charge >= 0.3 is 0 Å². The monoisotopic (exact) mass is 480 g/mol. The summed E-state index contributed by atoms with van der Waals surface area (Å²) in [5.74, 6) is 0.758. The lowest BCUT2D eigenvalue weighted by molar-refractivity contribution is -0.117. The van der Waals surface area contributed by atoms with E-state index in [9.17, 15) is 9.18 Å². The van der Waals surface area contributed by atoms with Crippen LogP contribution in [0.3, 0.4) is 0 Å². The van der Waals surface area contributed by atoms with Crippen LogP contribution in [-0.2, 0) is 9.53 Å². The second-order valence-corrected chi connectivity index (χ2v) is 9.92. The second kappa shape index (κ2) is 11.0. The molecule has 186 valence electrons. The molecule has 4 rings (SSSR count). The van der Waals surface area contributed by atoms with Gasteiger partial charge < -0.3 is 20.1 Å². The van der Waals surface area contributed by atoms with Gasteiger partial charge in [-0.2, -0.15) is 0 Å². The maximum Gasteiger partial charge on any atom is 0.224 e. The maximum absolute atomic E-state index is 14.9. The first-order valence-corrected chi connectivity index (χ1v) is 12.1. The molecule has 1 aliphatic carbocycles. The zero-order valence-corrected chi connectivity index (χ0v) is 20.6. The minimum Gasteiger partial charge on any atom is -0.491 e. The number of amides is 1. The number of carbonyl (C=O) groups excluding carboxylic acids is 1. The standard InChI is InChI=1S/C27H33FN4O3/c1-27(2)10-8-18(9-11-27)14-24(33)31-19-4-6-20(7-5-19)32-26-25-22(28)15-21(35-13-12-34-3)16-23(25)29-17-30-26/h4-7,15-18H,8-14H2,1-3H3,(H,31,33)(H,29,30,32). The highest BCUT2D eigenvalue weighted by atomic mass is 19.1. The Morgan fingerprint density at radius 3 is 2.51 bits per heavy atom. The van der Waals surface area contributed by atoms with Crippen LogP contribution in [0.4, 0.5) is 21.6 Å². The van der Waals surface area contributed by atoms with Gasteiger partial charge in [0.25, 0.3) is 0 Å². The number of halogens is 1. The Morgan fingerprint density at radius 1 is 1.09 bits per heavy atom. The van der Waals surface area contributed by atoms with Crippen LogP contribution in [0.2, 0.25) is 0 Å². The number of rotatable bonds is 9. The van der Waals surface area contributed by atoms with Crippen LogP contribution in [0.15, 0.2) is 42.7 Å². The maximum atomic E-state index is 14.9. The van der Waals surface area contributed by atoms with E-state index in [2.05, 4.69) is 34.4 Å². The van der Waals surface area contributed by atoms with Crippen molar-refractivity contribution in [1.29, 1.82) is 0 Å². The molecule has 1 heterocycles. The lowest BCUT2D eigenvalue weighted by atomic mass is 9.72. The normalized spacial score (nSPS) is 15.7. The van der Waals surface area contributed by atoms with Crippen molar-refractivity contribution in [3.8, 4) is 5.75 Å². The Labute approximate surface area is 205 Å². The molecular formula is C27H33FN4O3. The molecule has 0 saturated heterocycles. The molecule has 0 aliphatic heterocycles.